The molecule has 1 aromatic rings. The first-order valence-electron chi connectivity index (χ1n) is 7.39. The third-order valence-corrected chi connectivity index (χ3v) is 7.08. The number of hydrogen-bond acceptors (Lipinski definition) is 5. The van der Waals surface area contributed by atoms with Crippen molar-refractivity contribution in [3.05, 3.63) is 35.9 Å². The van der Waals surface area contributed by atoms with Gasteiger partial charge < -0.3 is 10.0 Å². The minimum absolute atomic E-state index is 0.221. The van der Waals surface area contributed by atoms with Crippen LogP contribution >= 0.6 is 11.8 Å². The highest BCUT2D eigenvalue weighted by atomic mass is 32.2. The maximum absolute atomic E-state index is 12.3. The van der Waals surface area contributed by atoms with Gasteiger partial charge in [-0.25, -0.2) is 13.2 Å². The van der Waals surface area contributed by atoms with Crippen LogP contribution in [0, 0.1) is 0 Å². The van der Waals surface area contributed by atoms with Gasteiger partial charge in [-0.2, -0.15) is 4.72 Å². The van der Waals surface area contributed by atoms with Crippen molar-refractivity contribution in [2.75, 3.05) is 0 Å². The van der Waals surface area contributed by atoms with Gasteiger partial charge in [0.2, 0.25) is 15.9 Å². The quantitative estimate of drug-likeness (QED) is 0.737. The van der Waals surface area contributed by atoms with E-state index in [1.807, 2.05) is 0 Å². The van der Waals surface area contributed by atoms with Crippen molar-refractivity contribution < 1.29 is 23.1 Å². The molecule has 130 valence electrons. The Morgan fingerprint density at radius 3 is 2.54 bits per heavy atom. The number of aliphatic carboxylic acids is 1. The number of rotatable bonds is 5. The van der Waals surface area contributed by atoms with Crippen molar-refractivity contribution >= 4 is 33.7 Å². The molecule has 2 aliphatic rings. The zero-order chi connectivity index (χ0) is 17.7. The number of benzene rings is 1. The molecule has 2 heterocycles. The fourth-order valence-corrected chi connectivity index (χ4v) is 6.19. The summed E-state index contributed by atoms with van der Waals surface area (Å²) in [6.07, 6.45) is 0. The van der Waals surface area contributed by atoms with Crippen LogP contribution in [0.25, 0.3) is 0 Å². The zero-order valence-electron chi connectivity index (χ0n) is 13.2. The molecule has 7 nitrogen and oxygen atoms in total. The van der Waals surface area contributed by atoms with Crippen LogP contribution < -0.4 is 4.72 Å². The largest absolute Gasteiger partial charge is 0.480 e. The maximum Gasteiger partial charge on any atom is 0.327 e. The Labute approximate surface area is 144 Å². The highest BCUT2D eigenvalue weighted by Crippen LogP contribution is 2.50. The third kappa shape index (κ3) is 2.91. The molecule has 2 saturated heterocycles. The SMILES string of the molecule is CC1(C)S[C@@H]2[C@H](NS(=O)(=O)Cc3ccccc3)C(=O)N2[C@H]1C(=O)O. The summed E-state index contributed by atoms with van der Waals surface area (Å²) in [6, 6.07) is 6.81. The van der Waals surface area contributed by atoms with Gasteiger partial charge in [0.15, 0.2) is 0 Å². The van der Waals surface area contributed by atoms with Crippen molar-refractivity contribution in [2.45, 2.75) is 41.8 Å². The van der Waals surface area contributed by atoms with E-state index in [1.54, 1.807) is 44.2 Å². The van der Waals surface area contributed by atoms with E-state index >= 15 is 0 Å². The summed E-state index contributed by atoms with van der Waals surface area (Å²) in [6.45, 7) is 3.50. The minimum atomic E-state index is -3.70. The van der Waals surface area contributed by atoms with Crippen LogP contribution in [0.4, 0.5) is 0 Å². The summed E-state index contributed by atoms with van der Waals surface area (Å²) in [4.78, 5) is 25.0. The Morgan fingerprint density at radius 2 is 1.96 bits per heavy atom. The molecule has 2 aliphatic heterocycles. The molecular formula is C15H18N2O5S2. The lowest BCUT2D eigenvalue weighted by molar-refractivity contribution is -0.159. The fraction of sp³-hybridized carbons (Fsp3) is 0.467. The summed E-state index contributed by atoms with van der Waals surface area (Å²) in [7, 11) is -3.70. The normalized spacial score (nSPS) is 28.3. The molecule has 0 unspecified atom stereocenters. The molecule has 0 radical (unpaired) electrons. The average molecular weight is 370 g/mol. The van der Waals surface area contributed by atoms with E-state index in [4.69, 9.17) is 0 Å². The first kappa shape index (κ1) is 17.2. The maximum atomic E-state index is 12.3. The van der Waals surface area contributed by atoms with Gasteiger partial charge in [0.1, 0.15) is 17.5 Å². The van der Waals surface area contributed by atoms with Crippen LogP contribution in [-0.4, -0.2) is 52.5 Å². The summed E-state index contributed by atoms with van der Waals surface area (Å²) in [5, 5.41) is 8.87. The Bertz CT molecular complexity index is 778. The number of sulfonamides is 1. The Morgan fingerprint density at radius 1 is 1.33 bits per heavy atom. The zero-order valence-corrected chi connectivity index (χ0v) is 14.8. The first-order valence-corrected chi connectivity index (χ1v) is 9.92. The number of nitrogens with one attached hydrogen (secondary N) is 1. The molecule has 2 fully saturated rings. The van der Waals surface area contributed by atoms with Crippen LogP contribution in [0.15, 0.2) is 30.3 Å². The lowest BCUT2D eigenvalue weighted by Crippen LogP contribution is -2.70. The third-order valence-electron chi connectivity index (χ3n) is 4.18. The van der Waals surface area contributed by atoms with E-state index in [0.717, 1.165) is 0 Å². The van der Waals surface area contributed by atoms with Gasteiger partial charge >= 0.3 is 5.97 Å². The fourth-order valence-electron chi connectivity index (χ4n) is 3.15. The molecule has 0 aromatic heterocycles. The van der Waals surface area contributed by atoms with Crippen molar-refractivity contribution in [2.24, 2.45) is 0 Å². The van der Waals surface area contributed by atoms with Gasteiger partial charge in [-0.1, -0.05) is 30.3 Å². The molecule has 1 amide bonds. The number of carbonyl (C=O) groups is 2. The lowest BCUT2D eigenvalue weighted by atomic mass is 9.96. The Hall–Kier alpha value is -1.58. The van der Waals surface area contributed by atoms with Gasteiger partial charge in [0.05, 0.1) is 5.75 Å². The number of carbonyl (C=O) groups excluding carboxylic acids is 1. The average Bonchev–Trinajstić information content (AvgIpc) is 2.74. The van der Waals surface area contributed by atoms with E-state index in [9.17, 15) is 23.1 Å². The molecule has 0 aliphatic carbocycles. The topological polar surface area (TPSA) is 104 Å². The molecule has 0 bridgehead atoms. The first-order chi connectivity index (χ1) is 11.1. The van der Waals surface area contributed by atoms with Gasteiger partial charge in [0.25, 0.3) is 0 Å². The predicted molar refractivity (Wildman–Crippen MR) is 89.7 cm³/mol. The number of carboxylic acid groups (broad SMARTS) is 1. The number of β-lactam (4-membered cyclic amide) rings is 1. The number of fused-ring (bicyclic) bond motifs is 1. The molecular weight excluding hydrogens is 352 g/mol. The van der Waals surface area contributed by atoms with Gasteiger partial charge in [0, 0.05) is 4.75 Å². The standard InChI is InChI=1S/C15H18N2O5S2/c1-15(2)11(14(19)20)17-12(18)10(13(17)23-15)16-24(21,22)8-9-6-4-3-5-7-9/h3-7,10-11,13,16H,8H2,1-2H3,(H,19,20)/t10-,11+,13-/m1/s1. The predicted octanol–water partition coefficient (Wildman–Crippen LogP) is 0.621. The van der Waals surface area contributed by atoms with Crippen molar-refractivity contribution in [3.8, 4) is 0 Å². The van der Waals surface area contributed by atoms with E-state index in [1.165, 1.54) is 16.7 Å². The summed E-state index contributed by atoms with van der Waals surface area (Å²) < 4.78 is 26.4. The molecule has 9 heteroatoms. The number of nitrogens with zero attached hydrogens (tertiary/aromatic N) is 1. The number of carboxylic acids is 1. The smallest absolute Gasteiger partial charge is 0.327 e. The van der Waals surface area contributed by atoms with Gasteiger partial charge in [-0.05, 0) is 19.4 Å². The Kier molecular flexibility index (Phi) is 4.13. The van der Waals surface area contributed by atoms with Crippen LogP contribution in [0.5, 0.6) is 0 Å². The number of amides is 1. The second kappa shape index (κ2) is 5.75. The van der Waals surface area contributed by atoms with Crippen LogP contribution in [0.2, 0.25) is 0 Å². The highest BCUT2D eigenvalue weighted by Gasteiger charge is 2.64. The number of hydrogen-bond donors (Lipinski definition) is 2. The molecule has 1 aromatic carbocycles. The van der Waals surface area contributed by atoms with Gasteiger partial charge in [-0.15, -0.1) is 11.8 Å². The molecule has 2 N–H and O–H groups in total. The summed E-state index contributed by atoms with van der Waals surface area (Å²) in [5.41, 5.74) is 0.622. The van der Waals surface area contributed by atoms with E-state index in [-0.39, 0.29) is 5.75 Å². The van der Waals surface area contributed by atoms with Crippen LogP contribution in [0.3, 0.4) is 0 Å². The van der Waals surface area contributed by atoms with Crippen LogP contribution in [0.1, 0.15) is 19.4 Å². The van der Waals surface area contributed by atoms with E-state index in [0.29, 0.717) is 5.56 Å². The Balaban J connectivity index is 1.74. The highest BCUT2D eigenvalue weighted by molar-refractivity contribution is 8.01. The van der Waals surface area contributed by atoms with Crippen molar-refractivity contribution in [1.82, 2.24) is 9.62 Å². The lowest BCUT2D eigenvalue weighted by Gasteiger charge is -2.43. The second-order valence-electron chi connectivity index (χ2n) is 6.44. The van der Waals surface area contributed by atoms with Gasteiger partial charge in [-0.3, -0.25) is 4.79 Å². The van der Waals surface area contributed by atoms with Crippen molar-refractivity contribution in [1.29, 1.82) is 0 Å². The van der Waals surface area contributed by atoms with E-state index in [2.05, 4.69) is 4.72 Å². The van der Waals surface area contributed by atoms with Crippen molar-refractivity contribution in [3.63, 3.8) is 0 Å². The van der Waals surface area contributed by atoms with E-state index < -0.39 is 44.1 Å². The molecule has 0 saturated carbocycles. The summed E-state index contributed by atoms with van der Waals surface area (Å²) in [5.74, 6) is -1.78. The molecule has 24 heavy (non-hydrogen) atoms. The second-order valence-corrected chi connectivity index (χ2v) is 9.96. The monoisotopic (exact) mass is 370 g/mol. The number of thioether (sulfide) groups is 1. The van der Waals surface area contributed by atoms with Crippen LogP contribution in [-0.2, 0) is 25.4 Å². The molecule has 0 spiro atoms. The minimum Gasteiger partial charge on any atom is -0.480 e. The summed E-state index contributed by atoms with van der Waals surface area (Å²) >= 11 is 1.31. The molecule has 3 rings (SSSR count). The molecule has 3 atom stereocenters.